The number of aryl methyl sites for hydroxylation is 1. The van der Waals surface area contributed by atoms with E-state index in [0.717, 1.165) is 0 Å². The Labute approximate surface area is 144 Å². The van der Waals surface area contributed by atoms with E-state index in [4.69, 9.17) is 14.6 Å². The average Bonchev–Trinajstić information content (AvgIpc) is 2.60. The number of amides is 1. The minimum absolute atomic E-state index is 0.0832. The molecule has 2 aromatic rings. The number of carboxylic acid groups (broad SMARTS) is 1. The van der Waals surface area contributed by atoms with Crippen LogP contribution in [0.2, 0.25) is 0 Å². The molecule has 0 saturated heterocycles. The summed E-state index contributed by atoms with van der Waals surface area (Å²) in [4.78, 5) is 29.1. The van der Waals surface area contributed by atoms with Crippen molar-refractivity contribution >= 4 is 11.9 Å². The fourth-order valence-electron chi connectivity index (χ4n) is 2.64. The summed E-state index contributed by atoms with van der Waals surface area (Å²) in [5.41, 5.74) is 0.583. The van der Waals surface area contributed by atoms with Crippen molar-refractivity contribution in [3.05, 3.63) is 53.3 Å². The van der Waals surface area contributed by atoms with Crippen LogP contribution in [-0.2, 0) is 0 Å². The summed E-state index contributed by atoms with van der Waals surface area (Å²) >= 11 is 0. The van der Waals surface area contributed by atoms with E-state index in [0.29, 0.717) is 30.3 Å². The van der Waals surface area contributed by atoms with Crippen LogP contribution in [-0.4, -0.2) is 53.2 Å². The Morgan fingerprint density at radius 2 is 1.96 bits per heavy atom. The second kappa shape index (κ2) is 6.80. The molecule has 3 rings (SSSR count). The van der Waals surface area contributed by atoms with E-state index < -0.39 is 5.97 Å². The molecule has 130 valence electrons. The number of fused-ring (bicyclic) bond motifs is 1. The van der Waals surface area contributed by atoms with E-state index in [1.807, 2.05) is 24.3 Å². The monoisotopic (exact) mass is 342 g/mol. The number of para-hydroxylation sites is 2. The summed E-state index contributed by atoms with van der Waals surface area (Å²) < 4.78 is 11.5. The highest BCUT2D eigenvalue weighted by molar-refractivity contribution is 5.94. The van der Waals surface area contributed by atoms with Crippen LogP contribution >= 0.6 is 0 Å². The van der Waals surface area contributed by atoms with E-state index in [2.05, 4.69) is 4.98 Å². The van der Waals surface area contributed by atoms with E-state index in [1.54, 1.807) is 14.0 Å². The van der Waals surface area contributed by atoms with Gasteiger partial charge in [0.1, 0.15) is 12.3 Å². The SMILES string of the molecule is Cc1nc(C(=O)N(C)C[C@@H]2COc3ccccc3O2)ccc1C(=O)O. The van der Waals surface area contributed by atoms with Gasteiger partial charge in [0.05, 0.1) is 17.8 Å². The Morgan fingerprint density at radius 1 is 1.24 bits per heavy atom. The lowest BCUT2D eigenvalue weighted by Gasteiger charge is -2.29. The van der Waals surface area contributed by atoms with Crippen LogP contribution in [0, 0.1) is 6.92 Å². The Balaban J connectivity index is 1.67. The smallest absolute Gasteiger partial charge is 0.337 e. The Bertz CT molecular complexity index is 821. The van der Waals surface area contributed by atoms with E-state index in [-0.39, 0.29) is 23.3 Å². The van der Waals surface area contributed by atoms with Crippen molar-refractivity contribution in [2.75, 3.05) is 20.2 Å². The van der Waals surface area contributed by atoms with Crippen LogP contribution in [0.15, 0.2) is 36.4 Å². The van der Waals surface area contributed by atoms with Crippen LogP contribution in [0.25, 0.3) is 0 Å². The molecule has 0 spiro atoms. The first-order valence-electron chi connectivity index (χ1n) is 7.80. The highest BCUT2D eigenvalue weighted by atomic mass is 16.6. The molecule has 25 heavy (non-hydrogen) atoms. The number of aromatic carboxylic acids is 1. The maximum absolute atomic E-state index is 12.5. The van der Waals surface area contributed by atoms with Crippen molar-refractivity contribution in [2.45, 2.75) is 13.0 Å². The number of hydrogen-bond acceptors (Lipinski definition) is 5. The third-order valence-electron chi connectivity index (χ3n) is 3.93. The van der Waals surface area contributed by atoms with Crippen molar-refractivity contribution in [3.63, 3.8) is 0 Å². The molecule has 0 radical (unpaired) electrons. The first kappa shape index (κ1) is 16.8. The van der Waals surface area contributed by atoms with Crippen molar-refractivity contribution in [2.24, 2.45) is 0 Å². The molecule has 1 aliphatic rings. The second-order valence-corrected chi connectivity index (χ2v) is 5.82. The number of carboxylic acids is 1. The van der Waals surface area contributed by atoms with Gasteiger partial charge in [0, 0.05) is 7.05 Å². The zero-order valence-corrected chi connectivity index (χ0v) is 13.9. The van der Waals surface area contributed by atoms with Gasteiger partial charge in [-0.25, -0.2) is 9.78 Å². The highest BCUT2D eigenvalue weighted by Gasteiger charge is 2.25. The Morgan fingerprint density at radius 3 is 2.64 bits per heavy atom. The van der Waals surface area contributed by atoms with Crippen LogP contribution in [0.5, 0.6) is 11.5 Å². The zero-order chi connectivity index (χ0) is 18.0. The van der Waals surface area contributed by atoms with Gasteiger partial charge in [0.15, 0.2) is 17.6 Å². The fourth-order valence-corrected chi connectivity index (χ4v) is 2.64. The molecule has 1 amide bonds. The lowest BCUT2D eigenvalue weighted by Crippen LogP contribution is -2.42. The third-order valence-corrected chi connectivity index (χ3v) is 3.93. The van der Waals surface area contributed by atoms with Gasteiger partial charge < -0.3 is 19.5 Å². The Kier molecular flexibility index (Phi) is 4.56. The second-order valence-electron chi connectivity index (χ2n) is 5.82. The topological polar surface area (TPSA) is 89.0 Å². The first-order valence-corrected chi connectivity index (χ1v) is 7.80. The fraction of sp³-hybridized carbons (Fsp3) is 0.278. The summed E-state index contributed by atoms with van der Waals surface area (Å²) in [7, 11) is 1.65. The summed E-state index contributed by atoms with van der Waals surface area (Å²) in [6.45, 7) is 2.24. The summed E-state index contributed by atoms with van der Waals surface area (Å²) in [5, 5.41) is 9.04. The molecule has 0 saturated carbocycles. The minimum atomic E-state index is -1.07. The molecule has 1 atom stereocenters. The maximum Gasteiger partial charge on any atom is 0.337 e. The number of benzene rings is 1. The number of nitrogens with zero attached hydrogens (tertiary/aromatic N) is 2. The molecule has 0 fully saturated rings. The van der Waals surface area contributed by atoms with Gasteiger partial charge in [-0.15, -0.1) is 0 Å². The molecule has 1 N–H and O–H groups in total. The molecule has 7 heteroatoms. The highest BCUT2D eigenvalue weighted by Crippen LogP contribution is 2.31. The molecule has 0 bridgehead atoms. The number of hydrogen-bond donors (Lipinski definition) is 1. The third kappa shape index (κ3) is 3.55. The molecule has 1 aromatic heterocycles. The number of rotatable bonds is 4. The number of pyridine rings is 1. The van der Waals surface area contributed by atoms with E-state index in [9.17, 15) is 9.59 Å². The van der Waals surface area contributed by atoms with Gasteiger partial charge in [0.25, 0.3) is 5.91 Å². The van der Waals surface area contributed by atoms with Gasteiger partial charge in [-0.05, 0) is 31.2 Å². The van der Waals surface area contributed by atoms with Gasteiger partial charge in [0.2, 0.25) is 0 Å². The van der Waals surface area contributed by atoms with Crippen molar-refractivity contribution in [3.8, 4) is 11.5 Å². The molecule has 0 aliphatic carbocycles. The molecule has 7 nitrogen and oxygen atoms in total. The van der Waals surface area contributed by atoms with Crippen molar-refractivity contribution in [1.29, 1.82) is 0 Å². The number of carbonyl (C=O) groups excluding carboxylic acids is 1. The largest absolute Gasteiger partial charge is 0.486 e. The first-order chi connectivity index (χ1) is 12.0. The van der Waals surface area contributed by atoms with Crippen LogP contribution in [0.1, 0.15) is 26.5 Å². The standard InChI is InChI=1S/C18H18N2O5/c1-11-13(18(22)23)7-8-14(19-11)17(21)20(2)9-12-10-24-15-5-3-4-6-16(15)25-12/h3-8,12H,9-10H2,1-2H3,(H,22,23)/t12-/m1/s1. The van der Waals surface area contributed by atoms with Crippen molar-refractivity contribution in [1.82, 2.24) is 9.88 Å². The number of ether oxygens (including phenoxy) is 2. The lowest BCUT2D eigenvalue weighted by molar-refractivity contribution is 0.0516. The van der Waals surface area contributed by atoms with Gasteiger partial charge in [-0.1, -0.05) is 12.1 Å². The van der Waals surface area contributed by atoms with Crippen molar-refractivity contribution < 1.29 is 24.2 Å². The minimum Gasteiger partial charge on any atom is -0.486 e. The predicted octanol–water partition coefficient (Wildman–Crippen LogP) is 2.00. The summed E-state index contributed by atoms with van der Waals surface area (Å²) in [5.74, 6) is -0.0278. The van der Waals surface area contributed by atoms with E-state index >= 15 is 0 Å². The Hall–Kier alpha value is -3.09. The summed E-state index contributed by atoms with van der Waals surface area (Å²) in [6, 6.07) is 10.2. The predicted molar refractivity (Wildman–Crippen MR) is 89.2 cm³/mol. The zero-order valence-electron chi connectivity index (χ0n) is 13.9. The molecular formula is C18H18N2O5. The summed E-state index contributed by atoms with van der Waals surface area (Å²) in [6.07, 6.45) is -0.289. The molecule has 0 unspecified atom stereocenters. The lowest BCUT2D eigenvalue weighted by atomic mass is 10.1. The quantitative estimate of drug-likeness (QED) is 0.914. The molecular weight excluding hydrogens is 324 g/mol. The number of likely N-dealkylation sites (N-methyl/N-ethyl adjacent to an activating group) is 1. The number of carbonyl (C=O) groups is 2. The normalized spacial score (nSPS) is 15.5. The van der Waals surface area contributed by atoms with Crippen LogP contribution < -0.4 is 9.47 Å². The molecule has 1 aromatic carbocycles. The van der Waals surface area contributed by atoms with E-state index in [1.165, 1.54) is 17.0 Å². The van der Waals surface area contributed by atoms with Crippen LogP contribution in [0.4, 0.5) is 0 Å². The number of aromatic nitrogens is 1. The molecule has 1 aliphatic heterocycles. The van der Waals surface area contributed by atoms with Gasteiger partial charge >= 0.3 is 5.97 Å². The van der Waals surface area contributed by atoms with Gasteiger partial charge in [-0.2, -0.15) is 0 Å². The maximum atomic E-state index is 12.5. The van der Waals surface area contributed by atoms with Gasteiger partial charge in [-0.3, -0.25) is 4.79 Å². The average molecular weight is 342 g/mol. The van der Waals surface area contributed by atoms with Crippen LogP contribution in [0.3, 0.4) is 0 Å². The molecule has 2 heterocycles.